The van der Waals surface area contributed by atoms with Crippen molar-refractivity contribution in [2.45, 2.75) is 46.1 Å². The van der Waals surface area contributed by atoms with Gasteiger partial charge in [-0.1, -0.05) is 44.2 Å². The number of carbonyl (C=O) groups is 2. The maximum atomic E-state index is 11.9. The summed E-state index contributed by atoms with van der Waals surface area (Å²) in [6.45, 7) is 10.9. The molecule has 2 atom stereocenters. The summed E-state index contributed by atoms with van der Waals surface area (Å²) in [6.07, 6.45) is 3.86. The lowest BCUT2D eigenvalue weighted by molar-refractivity contribution is -0.129. The predicted molar refractivity (Wildman–Crippen MR) is 117 cm³/mol. The van der Waals surface area contributed by atoms with Gasteiger partial charge in [-0.15, -0.1) is 0 Å². The Bertz CT molecular complexity index is 602. The van der Waals surface area contributed by atoms with Gasteiger partial charge in [-0.2, -0.15) is 0 Å². The van der Waals surface area contributed by atoms with Gasteiger partial charge in [0.15, 0.2) is 0 Å². The quantitative estimate of drug-likeness (QED) is 0.554. The Hall–Kier alpha value is -1.92. The standard InChI is InChI=1S/C15H20N2O2.C8H18N2/c1-2-8-16-15(19)13-9-14(18)17(11-13)10-12-6-4-3-5-7-12;1-2-4-9-6-8-3-5-10-7-8/h3-7,13H,2,8-11H2,1H3,(H,16,19);8-10H,2-7H2,1H3. The summed E-state index contributed by atoms with van der Waals surface area (Å²) in [4.78, 5) is 25.5. The Kier molecular flexibility index (Phi) is 10.7. The van der Waals surface area contributed by atoms with E-state index in [-0.39, 0.29) is 17.7 Å². The zero-order valence-electron chi connectivity index (χ0n) is 18.1. The molecule has 2 fully saturated rings. The lowest BCUT2D eigenvalue weighted by Gasteiger charge is -2.16. The molecule has 2 aliphatic heterocycles. The highest BCUT2D eigenvalue weighted by Crippen LogP contribution is 2.20. The van der Waals surface area contributed by atoms with Crippen LogP contribution in [0.15, 0.2) is 30.3 Å². The van der Waals surface area contributed by atoms with Crippen LogP contribution in [0.3, 0.4) is 0 Å². The van der Waals surface area contributed by atoms with E-state index >= 15 is 0 Å². The fourth-order valence-corrected chi connectivity index (χ4v) is 3.67. The van der Waals surface area contributed by atoms with Gasteiger partial charge < -0.3 is 20.9 Å². The van der Waals surface area contributed by atoms with Crippen LogP contribution in [0.5, 0.6) is 0 Å². The molecule has 6 heteroatoms. The predicted octanol–water partition coefficient (Wildman–Crippen LogP) is 2.16. The van der Waals surface area contributed by atoms with Gasteiger partial charge in [0.05, 0.1) is 5.92 Å². The molecular formula is C23H38N4O2. The van der Waals surface area contributed by atoms with E-state index in [1.54, 1.807) is 4.90 Å². The minimum atomic E-state index is -0.192. The van der Waals surface area contributed by atoms with Crippen molar-refractivity contribution in [3.8, 4) is 0 Å². The third-order valence-electron chi connectivity index (χ3n) is 5.37. The molecule has 29 heavy (non-hydrogen) atoms. The minimum absolute atomic E-state index is 0.00533. The average Bonchev–Trinajstić information content (AvgIpc) is 3.38. The van der Waals surface area contributed by atoms with Gasteiger partial charge in [0, 0.05) is 26.1 Å². The van der Waals surface area contributed by atoms with Crippen molar-refractivity contribution in [3.05, 3.63) is 35.9 Å². The van der Waals surface area contributed by atoms with E-state index < -0.39 is 0 Å². The van der Waals surface area contributed by atoms with Gasteiger partial charge in [-0.25, -0.2) is 0 Å². The van der Waals surface area contributed by atoms with E-state index in [0.29, 0.717) is 26.1 Å². The highest BCUT2D eigenvalue weighted by Gasteiger charge is 2.33. The van der Waals surface area contributed by atoms with Gasteiger partial charge in [0.25, 0.3) is 0 Å². The molecule has 3 N–H and O–H groups in total. The van der Waals surface area contributed by atoms with E-state index in [1.807, 2.05) is 37.3 Å². The molecule has 1 aromatic rings. The molecule has 0 spiro atoms. The summed E-state index contributed by atoms with van der Waals surface area (Å²) in [7, 11) is 0. The maximum absolute atomic E-state index is 11.9. The van der Waals surface area contributed by atoms with Crippen LogP contribution in [0.4, 0.5) is 0 Å². The van der Waals surface area contributed by atoms with Crippen molar-refractivity contribution in [1.29, 1.82) is 0 Å². The van der Waals surface area contributed by atoms with E-state index in [9.17, 15) is 9.59 Å². The van der Waals surface area contributed by atoms with Crippen molar-refractivity contribution in [2.75, 3.05) is 39.3 Å². The first-order valence-corrected chi connectivity index (χ1v) is 11.1. The van der Waals surface area contributed by atoms with Crippen LogP contribution in [0.25, 0.3) is 0 Å². The highest BCUT2D eigenvalue weighted by atomic mass is 16.2. The number of benzene rings is 1. The summed E-state index contributed by atoms with van der Waals surface area (Å²) in [6, 6.07) is 9.87. The zero-order valence-corrected chi connectivity index (χ0v) is 18.1. The first kappa shape index (κ1) is 23.4. The Balaban J connectivity index is 0.000000253. The Morgan fingerprint density at radius 1 is 1.17 bits per heavy atom. The van der Waals surface area contributed by atoms with Gasteiger partial charge in [0.1, 0.15) is 0 Å². The fraction of sp³-hybridized carbons (Fsp3) is 0.652. The monoisotopic (exact) mass is 402 g/mol. The number of nitrogens with one attached hydrogen (secondary N) is 3. The molecule has 2 aliphatic rings. The SMILES string of the molecule is CCCNC(=O)C1CC(=O)N(Cc2ccccc2)C1.CCCNCC1CCNC1. The van der Waals surface area contributed by atoms with Crippen LogP contribution >= 0.6 is 0 Å². The molecule has 6 nitrogen and oxygen atoms in total. The molecule has 2 unspecified atom stereocenters. The second-order valence-electron chi connectivity index (χ2n) is 8.01. The van der Waals surface area contributed by atoms with Crippen molar-refractivity contribution in [2.24, 2.45) is 11.8 Å². The summed E-state index contributed by atoms with van der Waals surface area (Å²) in [5.41, 5.74) is 1.10. The zero-order chi connectivity index (χ0) is 20.9. The molecule has 2 heterocycles. The Morgan fingerprint density at radius 3 is 2.59 bits per heavy atom. The van der Waals surface area contributed by atoms with Crippen LogP contribution in [0.1, 0.15) is 45.1 Å². The van der Waals surface area contributed by atoms with Crippen LogP contribution in [-0.4, -0.2) is 56.0 Å². The number of amides is 2. The summed E-state index contributed by atoms with van der Waals surface area (Å²) < 4.78 is 0. The second kappa shape index (κ2) is 13.3. The number of nitrogens with zero attached hydrogens (tertiary/aromatic N) is 1. The van der Waals surface area contributed by atoms with Gasteiger partial charge in [0.2, 0.25) is 11.8 Å². The smallest absolute Gasteiger partial charge is 0.225 e. The lowest BCUT2D eigenvalue weighted by Crippen LogP contribution is -2.33. The van der Waals surface area contributed by atoms with Crippen molar-refractivity contribution in [3.63, 3.8) is 0 Å². The molecule has 0 bridgehead atoms. The van der Waals surface area contributed by atoms with Crippen molar-refractivity contribution >= 4 is 11.8 Å². The van der Waals surface area contributed by atoms with Crippen LogP contribution in [-0.2, 0) is 16.1 Å². The maximum Gasteiger partial charge on any atom is 0.225 e. The van der Waals surface area contributed by atoms with Gasteiger partial charge in [-0.05, 0) is 56.9 Å². The van der Waals surface area contributed by atoms with Crippen molar-refractivity contribution < 1.29 is 9.59 Å². The van der Waals surface area contributed by atoms with E-state index in [0.717, 1.165) is 17.9 Å². The molecule has 162 valence electrons. The minimum Gasteiger partial charge on any atom is -0.356 e. The van der Waals surface area contributed by atoms with Crippen LogP contribution in [0, 0.1) is 11.8 Å². The number of hydrogen-bond acceptors (Lipinski definition) is 4. The van der Waals surface area contributed by atoms with Crippen LogP contribution in [0.2, 0.25) is 0 Å². The van der Waals surface area contributed by atoms with E-state index in [4.69, 9.17) is 0 Å². The first-order chi connectivity index (χ1) is 14.1. The molecule has 3 rings (SSSR count). The topological polar surface area (TPSA) is 73.5 Å². The molecule has 0 aliphatic carbocycles. The number of hydrogen-bond donors (Lipinski definition) is 3. The Morgan fingerprint density at radius 2 is 1.93 bits per heavy atom. The Labute approximate surface area is 175 Å². The lowest BCUT2D eigenvalue weighted by atomic mass is 10.1. The number of carbonyl (C=O) groups excluding carboxylic acids is 2. The van der Waals surface area contributed by atoms with Crippen LogP contribution < -0.4 is 16.0 Å². The molecule has 2 saturated heterocycles. The van der Waals surface area contributed by atoms with Gasteiger partial charge >= 0.3 is 0 Å². The first-order valence-electron chi connectivity index (χ1n) is 11.1. The normalized spacial score (nSPS) is 21.0. The van der Waals surface area contributed by atoms with E-state index in [1.165, 1.54) is 39.0 Å². The third kappa shape index (κ3) is 8.54. The highest BCUT2D eigenvalue weighted by molar-refractivity contribution is 5.89. The summed E-state index contributed by atoms with van der Waals surface area (Å²) in [5, 5.41) is 9.66. The molecule has 2 amide bonds. The fourth-order valence-electron chi connectivity index (χ4n) is 3.67. The molecular weight excluding hydrogens is 364 g/mol. The summed E-state index contributed by atoms with van der Waals surface area (Å²) in [5.74, 6) is 0.778. The number of rotatable bonds is 9. The molecule has 0 aromatic heterocycles. The second-order valence-corrected chi connectivity index (χ2v) is 8.01. The molecule has 1 aromatic carbocycles. The average molecular weight is 403 g/mol. The number of likely N-dealkylation sites (tertiary alicyclic amines) is 1. The van der Waals surface area contributed by atoms with Crippen molar-refractivity contribution in [1.82, 2.24) is 20.9 Å². The summed E-state index contributed by atoms with van der Waals surface area (Å²) >= 11 is 0. The largest absolute Gasteiger partial charge is 0.356 e. The van der Waals surface area contributed by atoms with E-state index in [2.05, 4.69) is 22.9 Å². The van der Waals surface area contributed by atoms with Gasteiger partial charge in [-0.3, -0.25) is 9.59 Å². The third-order valence-corrected chi connectivity index (χ3v) is 5.37. The molecule has 0 saturated carbocycles. The molecule has 0 radical (unpaired) electrons.